The van der Waals surface area contributed by atoms with Crippen LogP contribution in [0.25, 0.3) is 0 Å². The highest BCUT2D eigenvalue weighted by atomic mass is 16.4. The number of carbonyl (C=O) groups is 11. The van der Waals surface area contributed by atoms with Gasteiger partial charge in [-0.2, -0.15) is 0 Å². The summed E-state index contributed by atoms with van der Waals surface area (Å²) in [5.74, 6) is -9.50. The molecular weight excluding hydrogens is 963 g/mol. The number of nitrogens with one attached hydrogen (secondary N) is 6. The van der Waals surface area contributed by atoms with Crippen LogP contribution in [0, 0.1) is 5.92 Å². The fourth-order valence-electron chi connectivity index (χ4n) is 9.50. The molecule has 410 valence electrons. The second-order valence-corrected chi connectivity index (χ2v) is 19.8. The number of hydrogen-bond acceptors (Lipinski definition) is 16. The molecule has 4 fully saturated rings. The van der Waals surface area contributed by atoms with Crippen LogP contribution < -0.4 is 37.6 Å². The lowest BCUT2D eigenvalue weighted by molar-refractivity contribution is -0.151. The van der Waals surface area contributed by atoms with Crippen molar-refractivity contribution in [1.29, 1.82) is 0 Å². The number of aliphatic carboxylic acids is 1. The van der Waals surface area contributed by atoms with E-state index in [9.17, 15) is 73.2 Å². The van der Waals surface area contributed by atoms with Crippen LogP contribution in [0.15, 0.2) is 0 Å². The van der Waals surface area contributed by atoms with Gasteiger partial charge in [-0.1, -0.05) is 13.8 Å². The molecule has 4 aliphatic heterocycles. The van der Waals surface area contributed by atoms with Gasteiger partial charge in [0.1, 0.15) is 66.5 Å². The number of carboxylic acid groups (broad SMARTS) is 1. The number of amides is 10. The van der Waals surface area contributed by atoms with Gasteiger partial charge in [-0.25, -0.2) is 4.79 Å². The summed E-state index contributed by atoms with van der Waals surface area (Å²) >= 11 is 0. The molecule has 0 radical (unpaired) electrons. The molecule has 0 saturated carbocycles. The van der Waals surface area contributed by atoms with Gasteiger partial charge >= 0.3 is 5.97 Å². The summed E-state index contributed by atoms with van der Waals surface area (Å²) in [7, 11) is 0. The Bertz CT molecular complexity index is 2070. The molecule has 10 amide bonds. The molecule has 0 spiro atoms. The van der Waals surface area contributed by atoms with Crippen LogP contribution in [0.5, 0.6) is 0 Å². The van der Waals surface area contributed by atoms with Crippen molar-refractivity contribution in [2.75, 3.05) is 32.8 Å². The number of hydrogen-bond donors (Lipinski definition) is 12. The van der Waals surface area contributed by atoms with Crippen molar-refractivity contribution in [3.8, 4) is 0 Å². The van der Waals surface area contributed by atoms with E-state index in [4.69, 9.17) is 10.8 Å². The maximum absolute atomic E-state index is 14.2. The van der Waals surface area contributed by atoms with Crippen LogP contribution in [0.4, 0.5) is 0 Å². The number of aliphatic hydroxyl groups excluding tert-OH is 4. The Morgan fingerprint density at radius 2 is 0.890 bits per heavy atom. The molecule has 0 bridgehead atoms. The third kappa shape index (κ3) is 14.6. The fourth-order valence-corrected chi connectivity index (χ4v) is 9.50. The van der Waals surface area contributed by atoms with Crippen molar-refractivity contribution in [3.05, 3.63) is 0 Å². The van der Waals surface area contributed by atoms with Crippen molar-refractivity contribution in [3.63, 3.8) is 0 Å². The Morgan fingerprint density at radius 1 is 0.479 bits per heavy atom. The zero-order chi connectivity index (χ0) is 54.8. The van der Waals surface area contributed by atoms with E-state index in [1.807, 2.05) is 0 Å². The van der Waals surface area contributed by atoms with Gasteiger partial charge in [0.05, 0.1) is 24.9 Å². The van der Waals surface area contributed by atoms with Crippen LogP contribution in [-0.4, -0.2) is 228 Å². The minimum absolute atomic E-state index is 0.0812. The van der Waals surface area contributed by atoms with Crippen LogP contribution in [0.3, 0.4) is 0 Å². The number of nitrogens with zero attached hydrogens (tertiary/aromatic N) is 4. The third-order valence-corrected chi connectivity index (χ3v) is 13.8. The molecule has 27 nitrogen and oxygen atoms in total. The first-order chi connectivity index (χ1) is 34.2. The molecule has 0 unspecified atom stereocenters. The summed E-state index contributed by atoms with van der Waals surface area (Å²) in [5, 5.41) is 63.6. The molecule has 4 rings (SSSR count). The quantitative estimate of drug-likeness (QED) is 0.0480. The molecule has 4 aliphatic rings. The number of aliphatic hydroxyl groups is 4. The van der Waals surface area contributed by atoms with E-state index in [0.29, 0.717) is 25.7 Å². The number of nitrogens with two attached hydrogens (primary N) is 1. The maximum Gasteiger partial charge on any atom is 0.328 e. The predicted molar refractivity (Wildman–Crippen MR) is 254 cm³/mol. The Kier molecular flexibility index (Phi) is 21.4. The minimum Gasteiger partial charge on any atom is -0.480 e. The largest absolute Gasteiger partial charge is 0.480 e. The van der Waals surface area contributed by atoms with Crippen molar-refractivity contribution in [2.45, 2.75) is 185 Å². The van der Waals surface area contributed by atoms with E-state index >= 15 is 0 Å². The molecule has 4 saturated heterocycles. The molecule has 73 heavy (non-hydrogen) atoms. The molecule has 0 aliphatic carbocycles. The lowest BCUT2D eigenvalue weighted by Gasteiger charge is -2.35. The summed E-state index contributed by atoms with van der Waals surface area (Å²) in [6.07, 6.45) is -1.62. The highest BCUT2D eigenvalue weighted by molar-refractivity contribution is 5.99. The zero-order valence-corrected chi connectivity index (χ0v) is 42.4. The molecule has 0 aromatic heterocycles. The third-order valence-electron chi connectivity index (χ3n) is 13.8. The Morgan fingerprint density at radius 3 is 1.37 bits per heavy atom. The van der Waals surface area contributed by atoms with Gasteiger partial charge in [0.2, 0.25) is 59.1 Å². The van der Waals surface area contributed by atoms with Gasteiger partial charge < -0.3 is 82.8 Å². The number of carbonyl (C=O) groups excluding carboxylic acids is 10. The fraction of sp³-hybridized carbons (Fsp3) is 0.761. The van der Waals surface area contributed by atoms with Gasteiger partial charge in [-0.15, -0.1) is 0 Å². The monoisotopic (exact) mass is 1040 g/mol. The van der Waals surface area contributed by atoms with Crippen LogP contribution in [0.2, 0.25) is 0 Å². The van der Waals surface area contributed by atoms with Crippen molar-refractivity contribution >= 4 is 65.0 Å². The zero-order valence-electron chi connectivity index (χ0n) is 42.4. The molecule has 14 atom stereocenters. The number of likely N-dealkylation sites (tertiary alicyclic amines) is 4. The average Bonchev–Trinajstić information content (AvgIpc) is 4.19. The Balaban J connectivity index is 1.38. The summed E-state index contributed by atoms with van der Waals surface area (Å²) in [6, 6.07) is -14.0. The topological polar surface area (TPSA) is 400 Å². The molecule has 27 heteroatoms. The second kappa shape index (κ2) is 26.3. The first-order valence-corrected chi connectivity index (χ1v) is 24.9. The van der Waals surface area contributed by atoms with Crippen molar-refractivity contribution in [2.24, 2.45) is 11.7 Å². The van der Waals surface area contributed by atoms with Crippen LogP contribution >= 0.6 is 0 Å². The maximum atomic E-state index is 14.2. The van der Waals surface area contributed by atoms with Crippen LogP contribution in [-0.2, 0) is 52.7 Å². The number of carboxylic acids is 1. The summed E-state index contributed by atoms with van der Waals surface area (Å²) < 4.78 is 0. The van der Waals surface area contributed by atoms with E-state index in [-0.39, 0.29) is 51.9 Å². The second-order valence-electron chi connectivity index (χ2n) is 19.8. The van der Waals surface area contributed by atoms with Crippen LogP contribution in [0.1, 0.15) is 99.8 Å². The van der Waals surface area contributed by atoms with Gasteiger partial charge in [0.15, 0.2) is 0 Å². The minimum atomic E-state index is -1.62. The Hall–Kier alpha value is -6.03. The summed E-state index contributed by atoms with van der Waals surface area (Å²) in [6.45, 7) is 9.41. The van der Waals surface area contributed by atoms with E-state index in [2.05, 4.69) is 31.9 Å². The van der Waals surface area contributed by atoms with E-state index < -0.39 is 162 Å². The first kappa shape index (κ1) is 59.5. The number of rotatable bonds is 22. The predicted octanol–water partition coefficient (Wildman–Crippen LogP) is -5.90. The average molecular weight is 1040 g/mol. The highest BCUT2D eigenvalue weighted by Crippen LogP contribution is 2.29. The normalized spacial score (nSPS) is 24.0. The van der Waals surface area contributed by atoms with Gasteiger partial charge in [0.25, 0.3) is 0 Å². The van der Waals surface area contributed by atoms with Gasteiger partial charge in [0, 0.05) is 26.2 Å². The first-order valence-electron chi connectivity index (χ1n) is 24.9. The standard InChI is InChI=1S/C46H75N11O16/c1-21(2)33(51-41(67)35(26(7)61)53-39(65)32(47)24(5)59)45(71)55-17-9-13-29(55)38(64)52-34(25(6)60)40(66)49-23(4)42(68)56-18-10-14-30(56)44(70)57-19-11-15-31(57)43(69)54-16-8-12-28(54)37(63)48-22(3)36(62)50-27(20-58)46(72)73/h21-35,58-61H,8-20,47H2,1-7H3,(H,48,63)(H,49,66)(H,50,62)(H,51,67)(H,52,64)(H,53,65)(H,72,73)/t22-,23-,24+,25+,26+,27-,28-,29-,30-,31-,32-,33-,34-,35-/m0/s1. The summed E-state index contributed by atoms with van der Waals surface area (Å²) in [5.41, 5.74) is 5.68. The van der Waals surface area contributed by atoms with E-state index in [1.54, 1.807) is 13.8 Å². The molecule has 0 aromatic carbocycles. The lowest BCUT2D eigenvalue weighted by Crippen LogP contribution is -2.62. The van der Waals surface area contributed by atoms with Gasteiger partial charge in [-0.05, 0) is 91.9 Å². The van der Waals surface area contributed by atoms with Gasteiger partial charge in [-0.3, -0.25) is 47.9 Å². The molecule has 0 aromatic rings. The molecular formula is C46H75N11O16. The van der Waals surface area contributed by atoms with Crippen molar-refractivity contribution < 1.29 is 78.3 Å². The summed E-state index contributed by atoms with van der Waals surface area (Å²) in [4.78, 5) is 152. The van der Waals surface area contributed by atoms with E-state index in [0.717, 1.165) is 0 Å². The molecule has 13 N–H and O–H groups in total. The van der Waals surface area contributed by atoms with Crippen molar-refractivity contribution in [1.82, 2.24) is 51.5 Å². The molecule has 4 heterocycles. The smallest absolute Gasteiger partial charge is 0.328 e. The van der Waals surface area contributed by atoms with E-state index in [1.165, 1.54) is 54.2 Å². The highest BCUT2D eigenvalue weighted by Gasteiger charge is 2.47. The lowest BCUT2D eigenvalue weighted by atomic mass is 10.0. The Labute approximate surface area is 423 Å². The SMILES string of the molecule is CC(C)[C@H](NC(=O)[C@@H](NC(=O)[C@@H](N)[C@@H](C)O)[C@@H](C)O)C(=O)N1CCC[C@H]1C(=O)N[C@H](C(=O)N[C@@H](C)C(=O)N1CCC[C@H]1C(=O)N1CCC[C@H]1C(=O)N1CCC[C@H]1C(=O)N[C@@H](C)C(=O)N[C@@H](CO)C(=O)O)[C@@H](C)O.